The number of ether oxygens (including phenoxy) is 3. The Bertz CT molecular complexity index is 1520. The van der Waals surface area contributed by atoms with Crippen molar-refractivity contribution in [3.05, 3.63) is 97.2 Å². The largest absolute Gasteiger partial charge is 0.454 e. The van der Waals surface area contributed by atoms with E-state index in [9.17, 15) is 35.1 Å². The predicted molar refractivity (Wildman–Crippen MR) is 292 cm³/mol. The van der Waals surface area contributed by atoms with E-state index in [1.165, 1.54) is 57.8 Å². The number of unbranched alkanes of at least 4 members (excludes halogenated alkanes) is 18. The predicted octanol–water partition coefficient (Wildman–Crippen LogP) is 12.4. The first-order valence-corrected chi connectivity index (χ1v) is 28.0. The molecule has 0 spiro atoms. The third kappa shape index (κ3) is 36.2. The molecule has 71 heavy (non-hydrogen) atoms. The Balaban J connectivity index is 2.79. The Kier molecular flexibility index (Phi) is 44.0. The number of nitrogens with one attached hydrogen (secondary N) is 1. The van der Waals surface area contributed by atoms with Crippen molar-refractivity contribution in [2.24, 2.45) is 0 Å². The Labute approximate surface area is 431 Å². The highest BCUT2D eigenvalue weighted by molar-refractivity contribution is 5.80. The van der Waals surface area contributed by atoms with Gasteiger partial charge in [-0.15, -0.1) is 0 Å². The molecule has 1 aliphatic rings. The number of amides is 1. The molecular formula is C60H101NO10. The highest BCUT2D eigenvalue weighted by Crippen LogP contribution is 2.26. The molecule has 1 heterocycles. The van der Waals surface area contributed by atoms with Crippen LogP contribution in [0.15, 0.2) is 97.2 Å². The highest BCUT2D eigenvalue weighted by atomic mass is 16.7. The first-order valence-electron chi connectivity index (χ1n) is 28.0. The van der Waals surface area contributed by atoms with E-state index >= 15 is 0 Å². The van der Waals surface area contributed by atoms with E-state index in [0.717, 1.165) is 103 Å². The first-order chi connectivity index (χ1) is 34.7. The van der Waals surface area contributed by atoms with Crippen molar-refractivity contribution in [1.82, 2.24) is 5.32 Å². The van der Waals surface area contributed by atoms with Crippen LogP contribution in [0.3, 0.4) is 0 Å². The van der Waals surface area contributed by atoms with Crippen LogP contribution >= 0.6 is 0 Å². The molecule has 0 aromatic rings. The molecule has 11 heteroatoms. The van der Waals surface area contributed by atoms with Crippen molar-refractivity contribution in [2.75, 3.05) is 13.2 Å². The third-order valence-electron chi connectivity index (χ3n) is 12.5. The van der Waals surface area contributed by atoms with Crippen molar-refractivity contribution < 1.29 is 49.3 Å². The molecule has 0 aromatic heterocycles. The SMILES string of the molecule is CC/C=C\C/C=C\C/C=C\C/C=C\C/C=C\CCC(O)C(=O)NC(COC1OC(CO)C(O)C(O)C1OC(=O)CCCCCCCC/C=C/C=C/CCCCC)C(O)/C=C/CCCCCCCCCCC. The number of carbonyl (C=O) groups excluding carboxylic acids is 2. The quantitative estimate of drug-likeness (QED) is 0.0149. The van der Waals surface area contributed by atoms with Gasteiger partial charge in [0.2, 0.25) is 5.91 Å². The molecular weight excluding hydrogens is 895 g/mol. The van der Waals surface area contributed by atoms with E-state index in [4.69, 9.17) is 14.2 Å². The number of hydrogen-bond acceptors (Lipinski definition) is 10. The fraction of sp³-hybridized carbons (Fsp3) is 0.700. The zero-order valence-electron chi connectivity index (χ0n) is 44.6. The molecule has 8 unspecified atom stereocenters. The summed E-state index contributed by atoms with van der Waals surface area (Å²) in [6, 6.07) is -1.06. The number of esters is 1. The smallest absolute Gasteiger partial charge is 0.306 e. The molecule has 406 valence electrons. The number of aliphatic hydroxyl groups excluding tert-OH is 5. The minimum absolute atomic E-state index is 0.0987. The highest BCUT2D eigenvalue weighted by Gasteiger charge is 2.47. The van der Waals surface area contributed by atoms with Crippen LogP contribution in [0.1, 0.15) is 207 Å². The van der Waals surface area contributed by atoms with Crippen molar-refractivity contribution in [3.63, 3.8) is 0 Å². The fourth-order valence-corrected chi connectivity index (χ4v) is 8.03. The summed E-state index contributed by atoms with van der Waals surface area (Å²) in [6.07, 6.45) is 51.7. The maximum Gasteiger partial charge on any atom is 0.306 e. The molecule has 0 bridgehead atoms. The molecule has 1 fully saturated rings. The average Bonchev–Trinajstić information content (AvgIpc) is 3.37. The van der Waals surface area contributed by atoms with Gasteiger partial charge in [-0.1, -0.05) is 208 Å². The molecule has 1 aliphatic heterocycles. The summed E-state index contributed by atoms with van der Waals surface area (Å²) < 4.78 is 17.5. The summed E-state index contributed by atoms with van der Waals surface area (Å²) in [6.45, 7) is 5.56. The second kappa shape index (κ2) is 47.6. The molecule has 1 saturated heterocycles. The molecule has 1 amide bonds. The van der Waals surface area contributed by atoms with E-state index in [2.05, 4.69) is 99.0 Å². The van der Waals surface area contributed by atoms with Crippen molar-refractivity contribution in [3.8, 4) is 0 Å². The van der Waals surface area contributed by atoms with Gasteiger partial charge in [0.1, 0.15) is 24.4 Å². The third-order valence-corrected chi connectivity index (χ3v) is 12.5. The fourth-order valence-electron chi connectivity index (χ4n) is 8.03. The second-order valence-corrected chi connectivity index (χ2v) is 19.0. The van der Waals surface area contributed by atoms with Gasteiger partial charge in [0.25, 0.3) is 0 Å². The monoisotopic (exact) mass is 996 g/mol. The Hall–Kier alpha value is -3.42. The number of aliphatic hydroxyl groups is 5. The molecule has 1 rings (SSSR count). The van der Waals surface area contributed by atoms with E-state index in [1.807, 2.05) is 18.2 Å². The maximum absolute atomic E-state index is 13.3. The zero-order valence-corrected chi connectivity index (χ0v) is 44.6. The van der Waals surface area contributed by atoms with Crippen molar-refractivity contribution in [2.45, 2.75) is 256 Å². The van der Waals surface area contributed by atoms with Gasteiger partial charge in [-0.3, -0.25) is 9.59 Å². The Morgan fingerprint density at radius 3 is 1.61 bits per heavy atom. The lowest BCUT2D eigenvalue weighted by atomic mass is 9.99. The molecule has 0 aromatic carbocycles. The molecule has 11 nitrogen and oxygen atoms in total. The molecule has 8 atom stereocenters. The van der Waals surface area contributed by atoms with Crippen LogP contribution in [-0.2, 0) is 23.8 Å². The molecule has 0 aliphatic carbocycles. The lowest BCUT2D eigenvalue weighted by Gasteiger charge is -2.41. The van der Waals surface area contributed by atoms with Gasteiger partial charge in [-0.25, -0.2) is 0 Å². The van der Waals surface area contributed by atoms with Crippen LogP contribution in [0, 0.1) is 0 Å². The molecule has 6 N–H and O–H groups in total. The van der Waals surface area contributed by atoms with Crippen LogP contribution in [-0.4, -0.2) is 99.6 Å². The summed E-state index contributed by atoms with van der Waals surface area (Å²) in [5, 5.41) is 56.6. The van der Waals surface area contributed by atoms with Crippen LogP contribution in [0.2, 0.25) is 0 Å². The zero-order chi connectivity index (χ0) is 51.8. The summed E-state index contributed by atoms with van der Waals surface area (Å²) in [5.41, 5.74) is 0. The van der Waals surface area contributed by atoms with Crippen LogP contribution < -0.4 is 5.32 Å². The van der Waals surface area contributed by atoms with Crippen molar-refractivity contribution in [1.29, 1.82) is 0 Å². The lowest BCUT2D eigenvalue weighted by Crippen LogP contribution is -2.61. The van der Waals surface area contributed by atoms with Gasteiger partial charge in [0.15, 0.2) is 12.4 Å². The van der Waals surface area contributed by atoms with Crippen LogP contribution in [0.4, 0.5) is 0 Å². The van der Waals surface area contributed by atoms with Crippen LogP contribution in [0.5, 0.6) is 0 Å². The van der Waals surface area contributed by atoms with Crippen LogP contribution in [0.25, 0.3) is 0 Å². The normalized spacial score (nSPS) is 20.4. The average molecular weight is 996 g/mol. The summed E-state index contributed by atoms with van der Waals surface area (Å²) in [7, 11) is 0. The summed E-state index contributed by atoms with van der Waals surface area (Å²) >= 11 is 0. The minimum atomic E-state index is -1.63. The van der Waals surface area contributed by atoms with Gasteiger partial charge in [-0.2, -0.15) is 0 Å². The first kappa shape index (κ1) is 65.6. The second-order valence-electron chi connectivity index (χ2n) is 19.0. The standard InChI is InChI=1S/C60H101NO10/c1-4-7-10-13-16-19-22-24-26-28-29-32-35-38-41-44-47-53(64)59(68)61-51(52(63)46-43-40-37-34-31-21-18-15-12-9-6-3)50-69-60-58(57(67)56(66)54(49-62)70-60)71-55(65)48-45-42-39-36-33-30-27-25-23-20-17-14-11-8-5-2/h7,10,16-17,19-20,23-26,29,32,38,41,43,46,51-54,56-58,60,62-64,66-67H,4-6,8-9,11-15,18,21-22,27-28,30-31,33-37,39-40,42,44-45,47-50H2,1-3H3,(H,61,68)/b10-7-,19-16-,20-17+,25-23+,26-24-,32-29-,41-38-,46-43+. The van der Waals surface area contributed by atoms with Gasteiger partial charge in [0.05, 0.1) is 25.4 Å². The van der Waals surface area contributed by atoms with E-state index < -0.39 is 67.4 Å². The van der Waals surface area contributed by atoms with Crippen molar-refractivity contribution >= 4 is 11.9 Å². The van der Waals surface area contributed by atoms with Gasteiger partial charge >= 0.3 is 5.97 Å². The summed E-state index contributed by atoms with van der Waals surface area (Å²) in [4.78, 5) is 26.4. The van der Waals surface area contributed by atoms with E-state index in [0.29, 0.717) is 12.8 Å². The Morgan fingerprint density at radius 2 is 1.06 bits per heavy atom. The van der Waals surface area contributed by atoms with Gasteiger partial charge < -0.3 is 45.1 Å². The summed E-state index contributed by atoms with van der Waals surface area (Å²) in [5.74, 6) is -1.28. The number of hydrogen-bond donors (Lipinski definition) is 6. The number of carbonyl (C=O) groups is 2. The van der Waals surface area contributed by atoms with E-state index in [1.54, 1.807) is 6.08 Å². The number of rotatable bonds is 45. The minimum Gasteiger partial charge on any atom is -0.454 e. The topological polar surface area (TPSA) is 175 Å². The number of allylic oxidation sites excluding steroid dienone is 15. The van der Waals surface area contributed by atoms with E-state index in [-0.39, 0.29) is 19.4 Å². The molecule has 0 saturated carbocycles. The maximum atomic E-state index is 13.3. The van der Waals surface area contributed by atoms with Gasteiger partial charge in [-0.05, 0) is 89.9 Å². The Morgan fingerprint density at radius 1 is 0.577 bits per heavy atom. The van der Waals surface area contributed by atoms with Gasteiger partial charge in [0, 0.05) is 6.42 Å². The molecule has 0 radical (unpaired) electrons. The lowest BCUT2D eigenvalue weighted by molar-refractivity contribution is -0.305.